The van der Waals surface area contributed by atoms with Crippen molar-refractivity contribution in [2.45, 2.75) is 61.4 Å². The van der Waals surface area contributed by atoms with Crippen molar-refractivity contribution in [2.24, 2.45) is 0 Å². The average molecular weight is 424 g/mol. The molecule has 5 nitrogen and oxygen atoms in total. The number of carbonyl (C=O) groups excluding carboxylic acids is 2. The number of benzene rings is 2. The number of anilines is 1. The molecule has 0 aliphatic carbocycles. The Labute approximate surface area is 182 Å². The summed E-state index contributed by atoms with van der Waals surface area (Å²) in [6.45, 7) is 6.26. The number of piperidine rings is 1. The van der Waals surface area contributed by atoms with Crippen molar-refractivity contribution < 1.29 is 9.59 Å². The molecule has 0 saturated carbocycles. The zero-order chi connectivity index (χ0) is 21.1. The molecule has 0 bridgehead atoms. The summed E-state index contributed by atoms with van der Waals surface area (Å²) in [4.78, 5) is 29.6. The van der Waals surface area contributed by atoms with Gasteiger partial charge in [-0.15, -0.1) is 0 Å². The maximum atomic E-state index is 12.7. The largest absolute Gasteiger partial charge is 0.352 e. The van der Waals surface area contributed by atoms with Gasteiger partial charge >= 0.3 is 0 Å². The molecule has 2 aromatic rings. The first-order chi connectivity index (χ1) is 14.5. The van der Waals surface area contributed by atoms with E-state index in [1.807, 2.05) is 36.4 Å². The van der Waals surface area contributed by atoms with E-state index >= 15 is 0 Å². The Bertz CT molecular complexity index is 936. The summed E-state index contributed by atoms with van der Waals surface area (Å²) in [5.74, 6) is -0.238. The number of rotatable bonds is 5. The lowest BCUT2D eigenvalue weighted by molar-refractivity contribution is 0.0924. The van der Waals surface area contributed by atoms with Crippen LogP contribution in [0.3, 0.4) is 0 Å². The quantitative estimate of drug-likeness (QED) is 0.679. The molecular weight excluding hydrogens is 394 g/mol. The first-order valence-electron chi connectivity index (χ1n) is 10.8. The molecule has 2 amide bonds. The van der Waals surface area contributed by atoms with Crippen LogP contribution in [0.25, 0.3) is 0 Å². The van der Waals surface area contributed by atoms with Gasteiger partial charge < -0.3 is 10.6 Å². The molecule has 2 N–H and O–H groups in total. The first-order valence-corrected chi connectivity index (χ1v) is 11.6. The number of likely N-dealkylation sites (tertiary alicyclic amines) is 1. The molecule has 1 fully saturated rings. The lowest BCUT2D eigenvalue weighted by Gasteiger charge is -2.39. The minimum Gasteiger partial charge on any atom is -0.352 e. The molecule has 1 saturated heterocycles. The van der Waals surface area contributed by atoms with Crippen molar-refractivity contribution in [3.8, 4) is 0 Å². The minimum atomic E-state index is -0.140. The molecule has 6 heteroatoms. The summed E-state index contributed by atoms with van der Waals surface area (Å²) in [5, 5.41) is 5.98. The molecule has 30 heavy (non-hydrogen) atoms. The highest BCUT2D eigenvalue weighted by Gasteiger charge is 2.24. The molecule has 2 atom stereocenters. The van der Waals surface area contributed by atoms with E-state index in [0.29, 0.717) is 35.4 Å². The Hall–Kier alpha value is -2.31. The number of amides is 2. The summed E-state index contributed by atoms with van der Waals surface area (Å²) in [5.41, 5.74) is 1.91. The van der Waals surface area contributed by atoms with Gasteiger partial charge in [0.1, 0.15) is 0 Å². The van der Waals surface area contributed by atoms with E-state index in [-0.39, 0.29) is 11.8 Å². The van der Waals surface area contributed by atoms with E-state index in [1.165, 1.54) is 19.3 Å². The van der Waals surface area contributed by atoms with Gasteiger partial charge in [-0.25, -0.2) is 0 Å². The average Bonchev–Trinajstić information content (AvgIpc) is 2.88. The van der Waals surface area contributed by atoms with Crippen LogP contribution < -0.4 is 10.6 Å². The standard InChI is InChI=1S/C24H29N3O2S/c1-16-7-5-8-17(2)27(16)14-6-13-25-23(28)18-11-12-22-20(15-18)26-24(29)19-9-3-4-10-21(19)30-22/h3-4,9-12,15-17H,5-8,13-14H2,1-2H3,(H,25,28)(H,26,29)/t16-,17+. The van der Waals surface area contributed by atoms with E-state index in [1.54, 1.807) is 17.8 Å². The van der Waals surface area contributed by atoms with E-state index in [0.717, 1.165) is 22.8 Å². The molecule has 4 rings (SSSR count). The lowest BCUT2D eigenvalue weighted by atomic mass is 9.97. The SMILES string of the molecule is C[C@@H]1CCC[C@H](C)N1CCCNC(=O)c1ccc2c(c1)NC(=O)c1ccccc1S2. The van der Waals surface area contributed by atoms with Crippen molar-refractivity contribution in [3.63, 3.8) is 0 Å². The van der Waals surface area contributed by atoms with Crippen LogP contribution in [-0.4, -0.2) is 41.9 Å². The predicted molar refractivity (Wildman–Crippen MR) is 121 cm³/mol. The molecule has 2 aromatic carbocycles. The van der Waals surface area contributed by atoms with Crippen molar-refractivity contribution in [2.75, 3.05) is 18.4 Å². The number of fused-ring (bicyclic) bond motifs is 2. The molecule has 0 radical (unpaired) electrons. The Balaban J connectivity index is 1.35. The molecule has 2 heterocycles. The third-order valence-electron chi connectivity index (χ3n) is 6.10. The molecule has 0 aromatic heterocycles. The van der Waals surface area contributed by atoms with Crippen LogP contribution >= 0.6 is 11.8 Å². The highest BCUT2D eigenvalue weighted by molar-refractivity contribution is 7.99. The minimum absolute atomic E-state index is 0.0986. The summed E-state index contributed by atoms with van der Waals surface area (Å²) in [6.07, 6.45) is 4.78. The first kappa shape index (κ1) is 20.9. The number of nitrogens with one attached hydrogen (secondary N) is 2. The zero-order valence-electron chi connectivity index (χ0n) is 17.6. The van der Waals surface area contributed by atoms with E-state index in [4.69, 9.17) is 0 Å². The van der Waals surface area contributed by atoms with Gasteiger partial charge in [-0.05, 0) is 63.4 Å². The second-order valence-corrected chi connectivity index (χ2v) is 9.32. The third-order valence-corrected chi connectivity index (χ3v) is 7.25. The lowest BCUT2D eigenvalue weighted by Crippen LogP contribution is -2.44. The van der Waals surface area contributed by atoms with Crippen LogP contribution in [0, 0.1) is 0 Å². The fourth-order valence-corrected chi connectivity index (χ4v) is 5.40. The second-order valence-electron chi connectivity index (χ2n) is 8.24. The van der Waals surface area contributed by atoms with E-state index in [2.05, 4.69) is 29.4 Å². The highest BCUT2D eigenvalue weighted by Crippen LogP contribution is 2.39. The molecule has 0 unspecified atom stereocenters. The summed E-state index contributed by atoms with van der Waals surface area (Å²) in [7, 11) is 0. The van der Waals surface area contributed by atoms with Crippen LogP contribution in [0.4, 0.5) is 5.69 Å². The van der Waals surface area contributed by atoms with Gasteiger partial charge in [0, 0.05) is 40.5 Å². The van der Waals surface area contributed by atoms with Gasteiger partial charge in [-0.2, -0.15) is 0 Å². The highest BCUT2D eigenvalue weighted by atomic mass is 32.2. The van der Waals surface area contributed by atoms with E-state index in [9.17, 15) is 9.59 Å². The van der Waals surface area contributed by atoms with Gasteiger partial charge in [-0.1, -0.05) is 30.3 Å². The normalized spacial score (nSPS) is 21.2. The van der Waals surface area contributed by atoms with Crippen molar-refractivity contribution >= 4 is 29.3 Å². The van der Waals surface area contributed by atoms with Gasteiger partial charge in [0.25, 0.3) is 11.8 Å². The van der Waals surface area contributed by atoms with Gasteiger partial charge in [0.2, 0.25) is 0 Å². The number of hydrogen-bond donors (Lipinski definition) is 2. The van der Waals surface area contributed by atoms with Crippen LogP contribution in [0.1, 0.15) is 60.2 Å². The Morgan fingerprint density at radius 2 is 1.90 bits per heavy atom. The zero-order valence-corrected chi connectivity index (χ0v) is 18.4. The fraction of sp³-hybridized carbons (Fsp3) is 0.417. The Kier molecular flexibility index (Phi) is 6.44. The number of carbonyl (C=O) groups is 2. The maximum absolute atomic E-state index is 12.7. The van der Waals surface area contributed by atoms with Gasteiger partial charge in [0.15, 0.2) is 0 Å². The Morgan fingerprint density at radius 3 is 2.70 bits per heavy atom. The Morgan fingerprint density at radius 1 is 1.13 bits per heavy atom. The number of nitrogens with zero attached hydrogens (tertiary/aromatic N) is 1. The molecule has 158 valence electrons. The smallest absolute Gasteiger partial charge is 0.256 e. The monoisotopic (exact) mass is 423 g/mol. The topological polar surface area (TPSA) is 61.4 Å². The number of hydrogen-bond acceptors (Lipinski definition) is 4. The van der Waals surface area contributed by atoms with Crippen LogP contribution in [0.15, 0.2) is 52.3 Å². The van der Waals surface area contributed by atoms with E-state index < -0.39 is 0 Å². The molecule has 2 aliphatic heterocycles. The molecule has 0 spiro atoms. The summed E-state index contributed by atoms with van der Waals surface area (Å²) < 4.78 is 0. The second kappa shape index (κ2) is 9.23. The van der Waals surface area contributed by atoms with Crippen molar-refractivity contribution in [3.05, 3.63) is 53.6 Å². The van der Waals surface area contributed by atoms with Crippen molar-refractivity contribution in [1.82, 2.24) is 10.2 Å². The van der Waals surface area contributed by atoms with Crippen LogP contribution in [-0.2, 0) is 0 Å². The summed E-state index contributed by atoms with van der Waals surface area (Å²) in [6, 6.07) is 14.3. The fourth-order valence-electron chi connectivity index (χ4n) is 4.39. The van der Waals surface area contributed by atoms with Gasteiger partial charge in [-0.3, -0.25) is 14.5 Å². The molecule has 2 aliphatic rings. The maximum Gasteiger partial charge on any atom is 0.256 e. The molecular formula is C24H29N3O2S. The predicted octanol–water partition coefficient (Wildman–Crippen LogP) is 4.79. The summed E-state index contributed by atoms with van der Waals surface area (Å²) >= 11 is 1.54. The van der Waals surface area contributed by atoms with Crippen LogP contribution in [0.5, 0.6) is 0 Å². The van der Waals surface area contributed by atoms with Crippen LogP contribution in [0.2, 0.25) is 0 Å². The van der Waals surface area contributed by atoms with Crippen molar-refractivity contribution in [1.29, 1.82) is 0 Å². The third kappa shape index (κ3) is 4.55. The van der Waals surface area contributed by atoms with Gasteiger partial charge in [0.05, 0.1) is 11.3 Å².